The fourth-order valence-corrected chi connectivity index (χ4v) is 3.54. The van der Waals surface area contributed by atoms with Gasteiger partial charge in [-0.15, -0.1) is 0 Å². The fourth-order valence-electron chi connectivity index (χ4n) is 3.54. The number of benzene rings is 3. The second-order valence-electron chi connectivity index (χ2n) is 7.04. The van der Waals surface area contributed by atoms with E-state index in [2.05, 4.69) is 10.6 Å². The van der Waals surface area contributed by atoms with Crippen LogP contribution in [0.1, 0.15) is 25.3 Å². The predicted octanol–water partition coefficient (Wildman–Crippen LogP) is 5.65. The van der Waals surface area contributed by atoms with Crippen molar-refractivity contribution in [3.63, 3.8) is 0 Å². The van der Waals surface area contributed by atoms with Crippen molar-refractivity contribution < 1.29 is 14.2 Å². The number of hydrogen-bond acceptors (Lipinski definition) is 4. The molecule has 5 nitrogen and oxygen atoms in total. The number of ether oxygens (including phenoxy) is 3. The summed E-state index contributed by atoms with van der Waals surface area (Å²) in [6.07, 6.45) is 0.665. The third-order valence-corrected chi connectivity index (χ3v) is 4.96. The highest BCUT2D eigenvalue weighted by atomic mass is 16.5. The van der Waals surface area contributed by atoms with E-state index in [4.69, 9.17) is 19.2 Å². The number of fused-ring (bicyclic) bond motifs is 1. The van der Waals surface area contributed by atoms with Gasteiger partial charge in [-0.05, 0) is 49.7 Å². The highest BCUT2D eigenvalue weighted by molar-refractivity contribution is 5.76. The van der Waals surface area contributed by atoms with E-state index in [0.717, 1.165) is 47.1 Å². The van der Waals surface area contributed by atoms with Gasteiger partial charge in [-0.1, -0.05) is 42.5 Å². The zero-order chi connectivity index (χ0) is 20.8. The molecule has 0 bridgehead atoms. The van der Waals surface area contributed by atoms with Gasteiger partial charge in [-0.25, -0.2) is 4.98 Å². The largest absolute Gasteiger partial charge is 0.493 e. The standard InChI is InChI=1S/C25H26N2O3/c1-19(30-20-11-4-3-5-12-20)25-26-21-13-6-7-14-22(21)27(25)17-10-18-29-24-16-9-8-15-23(24)28-2/h3-9,11-16,19H,10,17-18H2,1-2H3. The lowest BCUT2D eigenvalue weighted by Crippen LogP contribution is -2.13. The highest BCUT2D eigenvalue weighted by Crippen LogP contribution is 2.27. The van der Waals surface area contributed by atoms with Crippen molar-refractivity contribution in [3.05, 3.63) is 84.7 Å². The molecule has 30 heavy (non-hydrogen) atoms. The second-order valence-corrected chi connectivity index (χ2v) is 7.04. The minimum absolute atomic E-state index is 0.171. The quantitative estimate of drug-likeness (QED) is 0.339. The van der Waals surface area contributed by atoms with Gasteiger partial charge in [0.15, 0.2) is 23.4 Å². The van der Waals surface area contributed by atoms with Crippen molar-refractivity contribution in [2.45, 2.75) is 26.0 Å². The molecular formula is C25H26N2O3. The number of nitrogens with zero attached hydrogens (tertiary/aromatic N) is 2. The molecule has 0 spiro atoms. The maximum absolute atomic E-state index is 6.15. The summed E-state index contributed by atoms with van der Waals surface area (Å²) in [4.78, 5) is 4.85. The number of rotatable bonds is 9. The van der Waals surface area contributed by atoms with Crippen LogP contribution in [0.15, 0.2) is 78.9 Å². The van der Waals surface area contributed by atoms with Crippen LogP contribution < -0.4 is 14.2 Å². The fraction of sp³-hybridized carbons (Fsp3) is 0.240. The van der Waals surface area contributed by atoms with Crippen LogP contribution in [0.3, 0.4) is 0 Å². The molecule has 1 unspecified atom stereocenters. The molecule has 0 fully saturated rings. The molecule has 0 N–H and O–H groups in total. The minimum Gasteiger partial charge on any atom is -0.493 e. The topological polar surface area (TPSA) is 45.5 Å². The Balaban J connectivity index is 1.49. The first-order chi connectivity index (χ1) is 14.8. The number of imidazole rings is 1. The van der Waals surface area contributed by atoms with Gasteiger partial charge in [0.25, 0.3) is 0 Å². The molecule has 0 aliphatic rings. The van der Waals surface area contributed by atoms with E-state index < -0.39 is 0 Å². The van der Waals surface area contributed by atoms with Crippen LogP contribution in [0.5, 0.6) is 17.2 Å². The summed E-state index contributed by atoms with van der Waals surface area (Å²) in [5.74, 6) is 3.26. The Hall–Kier alpha value is -3.47. The Morgan fingerprint density at radius 2 is 1.57 bits per heavy atom. The van der Waals surface area contributed by atoms with Gasteiger partial charge in [0.05, 0.1) is 24.8 Å². The first-order valence-electron chi connectivity index (χ1n) is 10.2. The van der Waals surface area contributed by atoms with E-state index >= 15 is 0 Å². The average molecular weight is 402 g/mol. The zero-order valence-corrected chi connectivity index (χ0v) is 17.3. The molecule has 0 saturated heterocycles. The lowest BCUT2D eigenvalue weighted by Gasteiger charge is -2.17. The maximum atomic E-state index is 6.15. The molecule has 154 valence electrons. The number of aromatic nitrogens is 2. The Morgan fingerprint density at radius 3 is 2.37 bits per heavy atom. The highest BCUT2D eigenvalue weighted by Gasteiger charge is 2.18. The van der Waals surface area contributed by atoms with Crippen molar-refractivity contribution in [2.24, 2.45) is 0 Å². The van der Waals surface area contributed by atoms with Crippen molar-refractivity contribution in [1.29, 1.82) is 0 Å². The maximum Gasteiger partial charge on any atom is 0.161 e. The Morgan fingerprint density at radius 1 is 0.867 bits per heavy atom. The van der Waals surface area contributed by atoms with Gasteiger partial charge >= 0.3 is 0 Å². The van der Waals surface area contributed by atoms with Gasteiger partial charge in [-0.2, -0.15) is 0 Å². The lowest BCUT2D eigenvalue weighted by molar-refractivity contribution is 0.209. The van der Waals surface area contributed by atoms with Crippen LogP contribution in [-0.4, -0.2) is 23.3 Å². The van der Waals surface area contributed by atoms with E-state index in [1.165, 1.54) is 0 Å². The molecule has 4 aromatic rings. The van der Waals surface area contributed by atoms with Gasteiger partial charge < -0.3 is 18.8 Å². The summed E-state index contributed by atoms with van der Waals surface area (Å²) in [7, 11) is 1.65. The third-order valence-electron chi connectivity index (χ3n) is 4.96. The summed E-state index contributed by atoms with van der Waals surface area (Å²) in [5.41, 5.74) is 2.08. The minimum atomic E-state index is -0.171. The van der Waals surface area contributed by atoms with Crippen LogP contribution >= 0.6 is 0 Å². The Kier molecular flexibility index (Phi) is 6.18. The van der Waals surface area contributed by atoms with Crippen LogP contribution in [0.25, 0.3) is 11.0 Å². The van der Waals surface area contributed by atoms with Crippen molar-refractivity contribution >= 4 is 11.0 Å². The van der Waals surface area contributed by atoms with Crippen molar-refractivity contribution in [3.8, 4) is 17.2 Å². The van der Waals surface area contributed by atoms with E-state index in [1.807, 2.05) is 79.7 Å². The predicted molar refractivity (Wildman–Crippen MR) is 118 cm³/mol. The number of methoxy groups -OCH3 is 1. The molecule has 1 aromatic heterocycles. The first-order valence-corrected chi connectivity index (χ1v) is 10.2. The molecule has 0 aliphatic carbocycles. The van der Waals surface area contributed by atoms with Gasteiger partial charge in [0, 0.05) is 6.54 Å². The average Bonchev–Trinajstić information content (AvgIpc) is 3.16. The van der Waals surface area contributed by atoms with Crippen LogP contribution in [0, 0.1) is 0 Å². The molecule has 1 atom stereocenters. The van der Waals surface area contributed by atoms with Gasteiger partial charge in [0.2, 0.25) is 0 Å². The van der Waals surface area contributed by atoms with Crippen molar-refractivity contribution in [2.75, 3.05) is 13.7 Å². The number of aryl methyl sites for hydroxylation is 1. The third kappa shape index (κ3) is 4.40. The first kappa shape index (κ1) is 19.8. The second kappa shape index (κ2) is 9.35. The summed E-state index contributed by atoms with van der Waals surface area (Å²) in [6.45, 7) is 3.41. The van der Waals surface area contributed by atoms with E-state index in [-0.39, 0.29) is 6.10 Å². The van der Waals surface area contributed by atoms with Gasteiger partial charge in [-0.3, -0.25) is 0 Å². The Labute approximate surface area is 176 Å². The molecule has 0 amide bonds. The summed E-state index contributed by atoms with van der Waals surface area (Å²) in [6, 6.07) is 25.7. The molecule has 5 heteroatoms. The molecule has 3 aromatic carbocycles. The van der Waals surface area contributed by atoms with E-state index in [1.54, 1.807) is 7.11 Å². The van der Waals surface area contributed by atoms with Crippen molar-refractivity contribution in [1.82, 2.24) is 9.55 Å². The molecule has 1 heterocycles. The smallest absolute Gasteiger partial charge is 0.161 e. The van der Waals surface area contributed by atoms with Crippen LogP contribution in [0.2, 0.25) is 0 Å². The number of para-hydroxylation sites is 5. The lowest BCUT2D eigenvalue weighted by atomic mass is 10.3. The summed E-state index contributed by atoms with van der Waals surface area (Å²) < 4.78 is 19.7. The van der Waals surface area contributed by atoms with Crippen LogP contribution in [-0.2, 0) is 6.54 Å². The zero-order valence-electron chi connectivity index (χ0n) is 17.3. The summed E-state index contributed by atoms with van der Waals surface area (Å²) in [5, 5.41) is 0. The van der Waals surface area contributed by atoms with E-state index in [0.29, 0.717) is 6.61 Å². The Bertz CT molecular complexity index is 1090. The molecular weight excluding hydrogens is 376 g/mol. The summed E-state index contributed by atoms with van der Waals surface area (Å²) >= 11 is 0. The van der Waals surface area contributed by atoms with Gasteiger partial charge in [0.1, 0.15) is 5.75 Å². The normalized spacial score (nSPS) is 11.9. The van der Waals surface area contributed by atoms with Crippen LogP contribution in [0.4, 0.5) is 0 Å². The molecule has 0 aliphatic heterocycles. The monoisotopic (exact) mass is 402 g/mol. The SMILES string of the molecule is COc1ccccc1OCCCn1c(C(C)Oc2ccccc2)nc2ccccc21. The molecule has 4 rings (SSSR count). The number of hydrogen-bond donors (Lipinski definition) is 0. The molecule has 0 radical (unpaired) electrons. The molecule has 0 saturated carbocycles. The van der Waals surface area contributed by atoms with E-state index in [9.17, 15) is 0 Å².